The van der Waals surface area contributed by atoms with E-state index in [-0.39, 0.29) is 0 Å². The van der Waals surface area contributed by atoms with E-state index >= 15 is 0 Å². The van der Waals surface area contributed by atoms with Crippen LogP contribution in [-0.2, 0) is 0 Å². The lowest BCUT2D eigenvalue weighted by Crippen LogP contribution is -1.81. The minimum absolute atomic E-state index is 0.651. The highest BCUT2D eigenvalue weighted by atomic mass is 35.5. The van der Waals surface area contributed by atoms with Crippen LogP contribution in [-0.4, -0.2) is 7.11 Å². The maximum Gasteiger partial charge on any atom is 0.121 e. The number of halogens is 1. The summed E-state index contributed by atoms with van der Waals surface area (Å²) in [6, 6.07) is 3.64. The standard InChI is InChI=1S/C9H7ClO2/c1-11-7-2-6-4-12-5-8(6)9(10)3-7/h2-5H,1H3. The van der Waals surface area contributed by atoms with Gasteiger partial charge in [0.05, 0.1) is 24.7 Å². The second kappa shape index (κ2) is 2.72. The zero-order chi connectivity index (χ0) is 8.55. The van der Waals surface area contributed by atoms with E-state index in [1.54, 1.807) is 25.7 Å². The highest BCUT2D eigenvalue weighted by Crippen LogP contribution is 2.29. The molecule has 0 radical (unpaired) electrons. The summed E-state index contributed by atoms with van der Waals surface area (Å²) in [6.07, 6.45) is 3.26. The number of ether oxygens (including phenoxy) is 1. The molecule has 0 N–H and O–H groups in total. The molecule has 0 unspecified atom stereocenters. The summed E-state index contributed by atoms with van der Waals surface area (Å²) >= 11 is 5.94. The summed E-state index contributed by atoms with van der Waals surface area (Å²) < 4.78 is 10.1. The smallest absolute Gasteiger partial charge is 0.121 e. The van der Waals surface area contributed by atoms with Gasteiger partial charge in [0.25, 0.3) is 0 Å². The third-order valence-corrected chi connectivity index (χ3v) is 2.06. The van der Waals surface area contributed by atoms with Crippen LogP contribution in [0.5, 0.6) is 5.75 Å². The molecule has 1 aromatic carbocycles. The number of hydrogen-bond donors (Lipinski definition) is 0. The van der Waals surface area contributed by atoms with Gasteiger partial charge in [0.15, 0.2) is 0 Å². The van der Waals surface area contributed by atoms with Crippen LogP contribution < -0.4 is 4.74 Å². The summed E-state index contributed by atoms with van der Waals surface area (Å²) in [6.45, 7) is 0. The lowest BCUT2D eigenvalue weighted by atomic mass is 10.2. The molecule has 62 valence electrons. The van der Waals surface area contributed by atoms with Crippen molar-refractivity contribution in [3.05, 3.63) is 29.7 Å². The number of rotatable bonds is 1. The van der Waals surface area contributed by atoms with Gasteiger partial charge in [0, 0.05) is 10.8 Å². The van der Waals surface area contributed by atoms with E-state index in [2.05, 4.69) is 0 Å². The Morgan fingerprint density at radius 2 is 2.17 bits per heavy atom. The van der Waals surface area contributed by atoms with Gasteiger partial charge in [-0.25, -0.2) is 0 Å². The first-order chi connectivity index (χ1) is 5.81. The van der Waals surface area contributed by atoms with Crippen molar-refractivity contribution in [1.82, 2.24) is 0 Å². The summed E-state index contributed by atoms with van der Waals surface area (Å²) in [5, 5.41) is 2.52. The number of furan rings is 1. The molecule has 0 bridgehead atoms. The molecule has 3 heteroatoms. The Kier molecular flexibility index (Phi) is 1.70. The van der Waals surface area contributed by atoms with Gasteiger partial charge in [-0.15, -0.1) is 0 Å². The van der Waals surface area contributed by atoms with Crippen molar-refractivity contribution in [3.63, 3.8) is 0 Å². The van der Waals surface area contributed by atoms with Gasteiger partial charge in [0.2, 0.25) is 0 Å². The molecule has 0 saturated carbocycles. The van der Waals surface area contributed by atoms with Crippen molar-refractivity contribution >= 4 is 22.4 Å². The first kappa shape index (κ1) is 7.50. The number of benzene rings is 1. The van der Waals surface area contributed by atoms with Crippen molar-refractivity contribution in [3.8, 4) is 5.75 Å². The van der Waals surface area contributed by atoms with E-state index in [4.69, 9.17) is 20.8 Å². The Balaban J connectivity index is 2.75. The maximum atomic E-state index is 5.94. The SMILES string of the molecule is COc1cc(Cl)c2cocc2c1. The first-order valence-electron chi connectivity index (χ1n) is 3.50. The molecule has 2 aromatic rings. The van der Waals surface area contributed by atoms with Crippen LogP contribution >= 0.6 is 11.6 Å². The van der Waals surface area contributed by atoms with Crippen LogP contribution in [0.3, 0.4) is 0 Å². The maximum absolute atomic E-state index is 5.94. The zero-order valence-corrected chi connectivity index (χ0v) is 7.26. The fourth-order valence-corrected chi connectivity index (χ4v) is 1.39. The Bertz CT molecular complexity index is 406. The molecule has 0 spiro atoms. The molecular formula is C9H7ClO2. The summed E-state index contributed by atoms with van der Waals surface area (Å²) in [7, 11) is 1.61. The van der Waals surface area contributed by atoms with E-state index in [9.17, 15) is 0 Å². The van der Waals surface area contributed by atoms with Gasteiger partial charge < -0.3 is 9.15 Å². The van der Waals surface area contributed by atoms with Crippen LogP contribution in [0.4, 0.5) is 0 Å². The van der Waals surface area contributed by atoms with Crippen LogP contribution in [0.25, 0.3) is 10.8 Å². The molecule has 0 aliphatic rings. The highest BCUT2D eigenvalue weighted by molar-refractivity contribution is 6.35. The van der Waals surface area contributed by atoms with Crippen LogP contribution in [0.15, 0.2) is 29.1 Å². The highest BCUT2D eigenvalue weighted by Gasteiger charge is 2.03. The van der Waals surface area contributed by atoms with Crippen molar-refractivity contribution in [2.75, 3.05) is 7.11 Å². The van der Waals surface area contributed by atoms with Gasteiger partial charge in [-0.1, -0.05) is 11.6 Å². The van der Waals surface area contributed by atoms with Gasteiger partial charge in [-0.3, -0.25) is 0 Å². The fourth-order valence-electron chi connectivity index (χ4n) is 1.13. The Morgan fingerprint density at radius 3 is 2.92 bits per heavy atom. The molecule has 1 heterocycles. The van der Waals surface area contributed by atoms with Crippen molar-refractivity contribution in [1.29, 1.82) is 0 Å². The van der Waals surface area contributed by atoms with E-state index < -0.39 is 0 Å². The van der Waals surface area contributed by atoms with E-state index in [0.717, 1.165) is 16.5 Å². The molecule has 0 amide bonds. The van der Waals surface area contributed by atoms with Crippen molar-refractivity contribution in [2.45, 2.75) is 0 Å². The summed E-state index contributed by atoms with van der Waals surface area (Å²) in [5.74, 6) is 0.744. The van der Waals surface area contributed by atoms with Crippen LogP contribution in [0, 0.1) is 0 Å². The second-order valence-electron chi connectivity index (χ2n) is 2.48. The summed E-state index contributed by atoms with van der Waals surface area (Å²) in [4.78, 5) is 0. The molecular weight excluding hydrogens is 176 g/mol. The predicted molar refractivity (Wildman–Crippen MR) is 47.8 cm³/mol. The Morgan fingerprint density at radius 1 is 1.33 bits per heavy atom. The van der Waals surface area contributed by atoms with E-state index in [1.807, 2.05) is 6.07 Å². The normalized spacial score (nSPS) is 10.5. The Labute approximate surface area is 74.7 Å². The monoisotopic (exact) mass is 182 g/mol. The Hall–Kier alpha value is -1.15. The molecule has 2 nitrogen and oxygen atoms in total. The average molecular weight is 183 g/mol. The molecule has 2 rings (SSSR count). The summed E-state index contributed by atoms with van der Waals surface area (Å²) in [5.41, 5.74) is 0. The minimum atomic E-state index is 0.651. The number of hydrogen-bond acceptors (Lipinski definition) is 2. The van der Waals surface area contributed by atoms with Crippen molar-refractivity contribution in [2.24, 2.45) is 0 Å². The molecule has 0 saturated heterocycles. The molecule has 0 fully saturated rings. The fraction of sp³-hybridized carbons (Fsp3) is 0.111. The third kappa shape index (κ3) is 1.04. The second-order valence-corrected chi connectivity index (χ2v) is 2.89. The molecule has 12 heavy (non-hydrogen) atoms. The van der Waals surface area contributed by atoms with E-state index in [1.165, 1.54) is 0 Å². The minimum Gasteiger partial charge on any atom is -0.497 e. The quantitative estimate of drug-likeness (QED) is 0.676. The van der Waals surface area contributed by atoms with Crippen molar-refractivity contribution < 1.29 is 9.15 Å². The third-order valence-electron chi connectivity index (χ3n) is 1.75. The topological polar surface area (TPSA) is 22.4 Å². The largest absolute Gasteiger partial charge is 0.497 e. The molecule has 0 atom stereocenters. The van der Waals surface area contributed by atoms with Gasteiger partial charge >= 0.3 is 0 Å². The number of methoxy groups -OCH3 is 1. The average Bonchev–Trinajstić information content (AvgIpc) is 2.52. The van der Waals surface area contributed by atoms with E-state index in [0.29, 0.717) is 5.02 Å². The van der Waals surface area contributed by atoms with Gasteiger partial charge in [-0.2, -0.15) is 0 Å². The van der Waals surface area contributed by atoms with Crippen LogP contribution in [0.2, 0.25) is 5.02 Å². The predicted octanol–water partition coefficient (Wildman–Crippen LogP) is 3.09. The molecule has 0 aliphatic carbocycles. The molecule has 0 aliphatic heterocycles. The van der Waals surface area contributed by atoms with Crippen LogP contribution in [0.1, 0.15) is 0 Å². The van der Waals surface area contributed by atoms with Gasteiger partial charge in [-0.05, 0) is 12.1 Å². The number of fused-ring (bicyclic) bond motifs is 1. The lowest BCUT2D eigenvalue weighted by Gasteiger charge is -1.99. The zero-order valence-electron chi connectivity index (χ0n) is 6.50. The molecule has 1 aromatic heterocycles. The lowest BCUT2D eigenvalue weighted by molar-refractivity contribution is 0.415. The van der Waals surface area contributed by atoms with Gasteiger partial charge in [0.1, 0.15) is 5.75 Å². The first-order valence-corrected chi connectivity index (χ1v) is 3.88.